The van der Waals surface area contributed by atoms with Gasteiger partial charge in [-0.05, 0) is 45.2 Å². The Morgan fingerprint density at radius 3 is 2.94 bits per heavy atom. The van der Waals surface area contributed by atoms with E-state index in [0.29, 0.717) is 5.92 Å². The lowest BCUT2D eigenvalue weighted by molar-refractivity contribution is 0.0672. The van der Waals surface area contributed by atoms with Crippen LogP contribution in [-0.2, 0) is 4.74 Å². The summed E-state index contributed by atoms with van der Waals surface area (Å²) in [5.74, 6) is 1.43. The molecule has 1 unspecified atom stereocenters. The third-order valence-corrected chi connectivity index (χ3v) is 3.14. The molecule has 1 heterocycles. The first-order valence-electron chi connectivity index (χ1n) is 6.65. The number of hydrogen-bond acceptors (Lipinski definition) is 2. The van der Waals surface area contributed by atoms with Crippen molar-refractivity contribution in [3.8, 4) is 0 Å². The molecule has 1 saturated heterocycles. The molecule has 0 aromatic carbocycles. The van der Waals surface area contributed by atoms with E-state index in [0.717, 1.165) is 38.6 Å². The maximum Gasteiger partial charge on any atom is 0.0531 e. The van der Waals surface area contributed by atoms with Crippen LogP contribution in [0.15, 0.2) is 11.6 Å². The van der Waals surface area contributed by atoms with Gasteiger partial charge in [-0.15, -0.1) is 0 Å². The molecule has 1 rings (SSSR count). The van der Waals surface area contributed by atoms with E-state index in [2.05, 4.69) is 32.2 Å². The highest BCUT2D eigenvalue weighted by atomic mass is 16.5. The monoisotopic (exact) mass is 225 g/mol. The Morgan fingerprint density at radius 1 is 1.50 bits per heavy atom. The standard InChI is InChI=1S/C14H27NO/c1-12(2)10-15-8-4-6-13(3)14-7-5-9-16-11-14/h6,12,14-15H,4-5,7-11H2,1-3H3/b13-6-. The number of nitrogens with one attached hydrogen (secondary N) is 1. The second kappa shape index (κ2) is 7.86. The smallest absolute Gasteiger partial charge is 0.0531 e. The van der Waals surface area contributed by atoms with E-state index in [-0.39, 0.29) is 0 Å². The van der Waals surface area contributed by atoms with Crippen LogP contribution in [0.25, 0.3) is 0 Å². The van der Waals surface area contributed by atoms with E-state index in [1.165, 1.54) is 18.4 Å². The summed E-state index contributed by atoms with van der Waals surface area (Å²) in [5, 5.41) is 3.47. The third kappa shape index (κ3) is 5.66. The molecule has 1 aliphatic rings. The Morgan fingerprint density at radius 2 is 2.31 bits per heavy atom. The van der Waals surface area contributed by atoms with Gasteiger partial charge in [-0.3, -0.25) is 0 Å². The molecule has 0 saturated carbocycles. The fourth-order valence-corrected chi connectivity index (χ4v) is 2.06. The van der Waals surface area contributed by atoms with E-state index in [9.17, 15) is 0 Å². The van der Waals surface area contributed by atoms with E-state index < -0.39 is 0 Å². The van der Waals surface area contributed by atoms with Gasteiger partial charge < -0.3 is 10.1 Å². The van der Waals surface area contributed by atoms with Gasteiger partial charge in [-0.2, -0.15) is 0 Å². The van der Waals surface area contributed by atoms with E-state index >= 15 is 0 Å². The summed E-state index contributed by atoms with van der Waals surface area (Å²) < 4.78 is 5.51. The lowest BCUT2D eigenvalue weighted by atomic mass is 9.94. The lowest BCUT2D eigenvalue weighted by Gasteiger charge is -2.22. The molecule has 0 aromatic heterocycles. The van der Waals surface area contributed by atoms with Crippen molar-refractivity contribution in [2.75, 3.05) is 26.3 Å². The van der Waals surface area contributed by atoms with Crippen LogP contribution in [-0.4, -0.2) is 26.3 Å². The first kappa shape index (κ1) is 13.7. The van der Waals surface area contributed by atoms with Gasteiger partial charge in [-0.1, -0.05) is 25.5 Å². The van der Waals surface area contributed by atoms with Crippen molar-refractivity contribution in [2.45, 2.75) is 40.0 Å². The second-order valence-electron chi connectivity index (χ2n) is 5.25. The van der Waals surface area contributed by atoms with Crippen molar-refractivity contribution in [3.05, 3.63) is 11.6 Å². The van der Waals surface area contributed by atoms with E-state index in [1.807, 2.05) is 0 Å². The summed E-state index contributed by atoms with van der Waals surface area (Å²) in [6.45, 7) is 10.9. The van der Waals surface area contributed by atoms with Crippen LogP contribution in [0, 0.1) is 11.8 Å². The molecule has 94 valence electrons. The third-order valence-electron chi connectivity index (χ3n) is 3.14. The van der Waals surface area contributed by atoms with Crippen molar-refractivity contribution in [2.24, 2.45) is 11.8 Å². The van der Waals surface area contributed by atoms with Gasteiger partial charge in [0.25, 0.3) is 0 Å². The Bertz CT molecular complexity index is 205. The van der Waals surface area contributed by atoms with Crippen LogP contribution < -0.4 is 5.32 Å². The van der Waals surface area contributed by atoms with Crippen molar-refractivity contribution >= 4 is 0 Å². The van der Waals surface area contributed by atoms with Crippen LogP contribution in [0.5, 0.6) is 0 Å². The highest BCUT2D eigenvalue weighted by molar-refractivity contribution is 5.04. The molecule has 2 nitrogen and oxygen atoms in total. The van der Waals surface area contributed by atoms with Gasteiger partial charge in [0.1, 0.15) is 0 Å². The van der Waals surface area contributed by atoms with Gasteiger partial charge in [0, 0.05) is 12.5 Å². The highest BCUT2D eigenvalue weighted by Gasteiger charge is 2.14. The first-order valence-corrected chi connectivity index (χ1v) is 6.65. The lowest BCUT2D eigenvalue weighted by Crippen LogP contribution is -2.21. The minimum Gasteiger partial charge on any atom is -0.381 e. The molecule has 16 heavy (non-hydrogen) atoms. The van der Waals surface area contributed by atoms with Crippen molar-refractivity contribution in [3.63, 3.8) is 0 Å². The Kier molecular flexibility index (Phi) is 6.74. The van der Waals surface area contributed by atoms with Crippen LogP contribution in [0.4, 0.5) is 0 Å². The molecule has 1 aliphatic heterocycles. The quantitative estimate of drug-likeness (QED) is 0.554. The maximum atomic E-state index is 5.51. The summed E-state index contributed by atoms with van der Waals surface area (Å²) in [6, 6.07) is 0. The summed E-state index contributed by atoms with van der Waals surface area (Å²) >= 11 is 0. The topological polar surface area (TPSA) is 21.3 Å². The van der Waals surface area contributed by atoms with Crippen LogP contribution in [0.1, 0.15) is 40.0 Å². The predicted molar refractivity (Wildman–Crippen MR) is 69.6 cm³/mol. The molecule has 1 atom stereocenters. The van der Waals surface area contributed by atoms with Crippen molar-refractivity contribution in [1.29, 1.82) is 0 Å². The molecular weight excluding hydrogens is 198 g/mol. The van der Waals surface area contributed by atoms with Gasteiger partial charge in [-0.25, -0.2) is 0 Å². The summed E-state index contributed by atoms with van der Waals surface area (Å²) in [7, 11) is 0. The number of ether oxygens (including phenoxy) is 1. The number of hydrogen-bond donors (Lipinski definition) is 1. The predicted octanol–water partition coefficient (Wildman–Crippen LogP) is 3.00. The SMILES string of the molecule is C/C(=C/CCNCC(C)C)C1CCCOC1. The van der Waals surface area contributed by atoms with Gasteiger partial charge >= 0.3 is 0 Å². The van der Waals surface area contributed by atoms with E-state index in [1.54, 1.807) is 0 Å². The maximum absolute atomic E-state index is 5.51. The Hall–Kier alpha value is -0.340. The molecular formula is C14H27NO. The second-order valence-corrected chi connectivity index (χ2v) is 5.25. The molecule has 0 aromatic rings. The number of rotatable bonds is 6. The zero-order valence-electron chi connectivity index (χ0n) is 11.1. The Labute approximate surface area is 100 Å². The van der Waals surface area contributed by atoms with Crippen LogP contribution >= 0.6 is 0 Å². The zero-order chi connectivity index (χ0) is 11.8. The van der Waals surface area contributed by atoms with Crippen molar-refractivity contribution < 1.29 is 4.74 Å². The first-order chi connectivity index (χ1) is 7.70. The fourth-order valence-electron chi connectivity index (χ4n) is 2.06. The summed E-state index contributed by atoms with van der Waals surface area (Å²) in [4.78, 5) is 0. The van der Waals surface area contributed by atoms with Crippen LogP contribution in [0.2, 0.25) is 0 Å². The zero-order valence-corrected chi connectivity index (χ0v) is 11.1. The van der Waals surface area contributed by atoms with E-state index in [4.69, 9.17) is 4.74 Å². The summed E-state index contributed by atoms with van der Waals surface area (Å²) in [6.07, 6.45) is 6.06. The minimum atomic E-state index is 0.679. The molecule has 0 radical (unpaired) electrons. The van der Waals surface area contributed by atoms with Crippen molar-refractivity contribution in [1.82, 2.24) is 5.32 Å². The average molecular weight is 225 g/mol. The minimum absolute atomic E-state index is 0.679. The van der Waals surface area contributed by atoms with Gasteiger partial charge in [0.15, 0.2) is 0 Å². The molecule has 0 aliphatic carbocycles. The molecule has 1 fully saturated rings. The highest BCUT2D eigenvalue weighted by Crippen LogP contribution is 2.21. The largest absolute Gasteiger partial charge is 0.381 e. The summed E-state index contributed by atoms with van der Waals surface area (Å²) in [5.41, 5.74) is 1.52. The molecule has 1 N–H and O–H groups in total. The van der Waals surface area contributed by atoms with Gasteiger partial charge in [0.05, 0.1) is 6.61 Å². The Balaban J connectivity index is 2.12. The normalized spacial score (nSPS) is 22.8. The molecule has 0 amide bonds. The average Bonchev–Trinajstić information content (AvgIpc) is 2.29. The van der Waals surface area contributed by atoms with Crippen LogP contribution in [0.3, 0.4) is 0 Å². The molecule has 0 bridgehead atoms. The molecule has 0 spiro atoms. The van der Waals surface area contributed by atoms with Gasteiger partial charge in [0.2, 0.25) is 0 Å². The fraction of sp³-hybridized carbons (Fsp3) is 0.857. The molecule has 2 heteroatoms.